The molecule has 0 N–H and O–H groups in total. The van der Waals surface area contributed by atoms with Gasteiger partial charge in [0.1, 0.15) is 5.69 Å². The predicted octanol–water partition coefficient (Wildman–Crippen LogP) is 3.51. The lowest BCUT2D eigenvalue weighted by atomic mass is 10.3. The average molecular weight is 237 g/mol. The van der Waals surface area contributed by atoms with Crippen molar-refractivity contribution in [2.24, 2.45) is 0 Å². The standard InChI is InChI=1S/C15H15N3/c1-2-11-18-14-9-4-3-7-12(14)17-15(18)13-8-5-6-10-16-13/h3-10H,2,11H2,1H3. The van der Waals surface area contributed by atoms with Crippen LogP contribution in [0.5, 0.6) is 0 Å². The highest BCUT2D eigenvalue weighted by atomic mass is 15.1. The van der Waals surface area contributed by atoms with E-state index in [-0.39, 0.29) is 0 Å². The second-order valence-corrected chi connectivity index (χ2v) is 4.29. The lowest BCUT2D eigenvalue weighted by molar-refractivity contribution is 0.702. The van der Waals surface area contributed by atoms with Gasteiger partial charge in [-0.05, 0) is 30.7 Å². The van der Waals surface area contributed by atoms with Gasteiger partial charge in [0.2, 0.25) is 0 Å². The molecule has 3 nitrogen and oxygen atoms in total. The molecule has 0 bridgehead atoms. The molecule has 3 aromatic rings. The van der Waals surface area contributed by atoms with Gasteiger partial charge in [-0.2, -0.15) is 0 Å². The van der Waals surface area contributed by atoms with Crippen LogP contribution in [0.4, 0.5) is 0 Å². The molecule has 0 fully saturated rings. The van der Waals surface area contributed by atoms with Gasteiger partial charge in [0.25, 0.3) is 0 Å². The number of para-hydroxylation sites is 2. The minimum Gasteiger partial charge on any atom is -0.323 e. The third-order valence-electron chi connectivity index (χ3n) is 3.00. The first-order valence-corrected chi connectivity index (χ1v) is 6.27. The maximum absolute atomic E-state index is 4.70. The Bertz CT molecular complexity index is 656. The highest BCUT2D eigenvalue weighted by molar-refractivity contribution is 5.79. The highest BCUT2D eigenvalue weighted by Gasteiger charge is 2.11. The summed E-state index contributed by atoms with van der Waals surface area (Å²) in [5, 5.41) is 0. The molecule has 0 aliphatic heterocycles. The number of rotatable bonds is 3. The molecule has 18 heavy (non-hydrogen) atoms. The van der Waals surface area contributed by atoms with E-state index in [2.05, 4.69) is 28.6 Å². The van der Waals surface area contributed by atoms with Gasteiger partial charge in [-0.15, -0.1) is 0 Å². The van der Waals surface area contributed by atoms with Gasteiger partial charge in [-0.1, -0.05) is 25.1 Å². The Morgan fingerprint density at radius 3 is 2.67 bits per heavy atom. The van der Waals surface area contributed by atoms with Crippen molar-refractivity contribution >= 4 is 11.0 Å². The van der Waals surface area contributed by atoms with Crippen LogP contribution in [0.15, 0.2) is 48.7 Å². The summed E-state index contributed by atoms with van der Waals surface area (Å²) in [7, 11) is 0. The largest absolute Gasteiger partial charge is 0.323 e. The summed E-state index contributed by atoms with van der Waals surface area (Å²) in [6, 6.07) is 14.2. The van der Waals surface area contributed by atoms with Gasteiger partial charge >= 0.3 is 0 Å². The third kappa shape index (κ3) is 1.78. The summed E-state index contributed by atoms with van der Waals surface area (Å²) in [6.45, 7) is 3.14. The second kappa shape index (κ2) is 4.61. The Labute approximate surface area is 106 Å². The molecule has 3 rings (SSSR count). The zero-order valence-electron chi connectivity index (χ0n) is 10.4. The van der Waals surface area contributed by atoms with Crippen molar-refractivity contribution in [3.63, 3.8) is 0 Å². The van der Waals surface area contributed by atoms with E-state index in [1.807, 2.05) is 36.5 Å². The topological polar surface area (TPSA) is 30.7 Å². The van der Waals surface area contributed by atoms with Gasteiger partial charge < -0.3 is 4.57 Å². The van der Waals surface area contributed by atoms with Crippen LogP contribution in [0.25, 0.3) is 22.6 Å². The van der Waals surface area contributed by atoms with E-state index < -0.39 is 0 Å². The minimum atomic E-state index is 0.933. The molecule has 0 unspecified atom stereocenters. The molecule has 0 saturated carbocycles. The molecular weight excluding hydrogens is 222 g/mol. The average Bonchev–Trinajstić information content (AvgIpc) is 2.80. The summed E-state index contributed by atoms with van der Waals surface area (Å²) in [6.07, 6.45) is 2.89. The van der Waals surface area contributed by atoms with Crippen LogP contribution in [0.3, 0.4) is 0 Å². The van der Waals surface area contributed by atoms with Crippen molar-refractivity contribution in [2.75, 3.05) is 0 Å². The number of aromatic nitrogens is 3. The number of aryl methyl sites for hydroxylation is 1. The predicted molar refractivity (Wildman–Crippen MR) is 73.3 cm³/mol. The summed E-state index contributed by atoms with van der Waals surface area (Å²) in [5.74, 6) is 0.957. The zero-order valence-corrected chi connectivity index (χ0v) is 10.4. The molecule has 2 heterocycles. The fourth-order valence-electron chi connectivity index (χ4n) is 2.22. The monoisotopic (exact) mass is 237 g/mol. The smallest absolute Gasteiger partial charge is 0.159 e. The van der Waals surface area contributed by atoms with E-state index >= 15 is 0 Å². The number of hydrogen-bond donors (Lipinski definition) is 0. The second-order valence-electron chi connectivity index (χ2n) is 4.29. The molecule has 1 aromatic carbocycles. The Kier molecular flexibility index (Phi) is 2.81. The normalized spacial score (nSPS) is 10.9. The van der Waals surface area contributed by atoms with E-state index in [1.165, 1.54) is 5.52 Å². The van der Waals surface area contributed by atoms with Crippen LogP contribution in [0.1, 0.15) is 13.3 Å². The highest BCUT2D eigenvalue weighted by Crippen LogP contribution is 2.23. The summed E-state index contributed by atoms with van der Waals surface area (Å²) >= 11 is 0. The molecule has 0 spiro atoms. The van der Waals surface area contributed by atoms with Gasteiger partial charge in [0, 0.05) is 12.7 Å². The van der Waals surface area contributed by atoms with Gasteiger partial charge in [0.15, 0.2) is 5.82 Å². The number of fused-ring (bicyclic) bond motifs is 1. The van der Waals surface area contributed by atoms with Crippen LogP contribution in [0, 0.1) is 0 Å². The summed E-state index contributed by atoms with van der Waals surface area (Å²) in [5.41, 5.74) is 3.15. The SMILES string of the molecule is CCCn1c(-c2ccccn2)nc2ccccc21. The molecule has 0 atom stereocenters. The molecule has 2 aromatic heterocycles. The third-order valence-corrected chi connectivity index (χ3v) is 3.00. The van der Waals surface area contributed by atoms with Crippen molar-refractivity contribution in [2.45, 2.75) is 19.9 Å². The maximum Gasteiger partial charge on any atom is 0.159 e. The molecule has 0 radical (unpaired) electrons. The van der Waals surface area contributed by atoms with Gasteiger partial charge in [-0.25, -0.2) is 4.98 Å². The number of imidazole rings is 1. The lowest BCUT2D eigenvalue weighted by Crippen LogP contribution is -2.00. The quantitative estimate of drug-likeness (QED) is 0.698. The lowest BCUT2D eigenvalue weighted by Gasteiger charge is -2.06. The molecule has 90 valence electrons. The zero-order chi connectivity index (χ0) is 12.4. The van der Waals surface area contributed by atoms with E-state index in [1.54, 1.807) is 0 Å². The van der Waals surface area contributed by atoms with Crippen LogP contribution >= 0.6 is 0 Å². The Morgan fingerprint density at radius 1 is 1.06 bits per heavy atom. The molecule has 0 aliphatic carbocycles. The van der Waals surface area contributed by atoms with Crippen LogP contribution in [-0.4, -0.2) is 14.5 Å². The maximum atomic E-state index is 4.70. The van der Waals surface area contributed by atoms with Crippen molar-refractivity contribution in [3.05, 3.63) is 48.7 Å². The number of pyridine rings is 1. The van der Waals surface area contributed by atoms with Crippen LogP contribution in [-0.2, 0) is 6.54 Å². The number of benzene rings is 1. The number of nitrogens with zero attached hydrogens (tertiary/aromatic N) is 3. The summed E-state index contributed by atoms with van der Waals surface area (Å²) in [4.78, 5) is 9.11. The Balaban J connectivity index is 2.25. The molecule has 0 aliphatic rings. The van der Waals surface area contributed by atoms with E-state index in [0.29, 0.717) is 0 Å². The Hall–Kier alpha value is -2.16. The molecule has 3 heteroatoms. The van der Waals surface area contributed by atoms with Crippen LogP contribution in [0.2, 0.25) is 0 Å². The first-order valence-electron chi connectivity index (χ1n) is 6.27. The number of hydrogen-bond acceptors (Lipinski definition) is 2. The van der Waals surface area contributed by atoms with E-state index in [9.17, 15) is 0 Å². The minimum absolute atomic E-state index is 0.933. The van der Waals surface area contributed by atoms with E-state index in [0.717, 1.165) is 30.0 Å². The van der Waals surface area contributed by atoms with Gasteiger partial charge in [0.05, 0.1) is 11.0 Å². The first-order chi connectivity index (χ1) is 8.90. The summed E-state index contributed by atoms with van der Waals surface area (Å²) < 4.78 is 2.25. The van der Waals surface area contributed by atoms with E-state index in [4.69, 9.17) is 4.98 Å². The van der Waals surface area contributed by atoms with Crippen molar-refractivity contribution in [1.29, 1.82) is 0 Å². The van der Waals surface area contributed by atoms with Crippen molar-refractivity contribution in [1.82, 2.24) is 14.5 Å². The van der Waals surface area contributed by atoms with Crippen molar-refractivity contribution in [3.8, 4) is 11.5 Å². The molecular formula is C15H15N3. The van der Waals surface area contributed by atoms with Crippen LogP contribution < -0.4 is 0 Å². The fourth-order valence-corrected chi connectivity index (χ4v) is 2.22. The Morgan fingerprint density at radius 2 is 1.89 bits per heavy atom. The van der Waals surface area contributed by atoms with Crippen molar-refractivity contribution < 1.29 is 0 Å². The molecule has 0 saturated heterocycles. The van der Waals surface area contributed by atoms with Gasteiger partial charge in [-0.3, -0.25) is 4.98 Å². The first kappa shape index (κ1) is 11.0. The fraction of sp³-hybridized carbons (Fsp3) is 0.200. The molecule has 0 amide bonds.